The number of nitrogens with zero attached hydrogens (tertiary/aromatic N) is 1. The highest BCUT2D eigenvalue weighted by molar-refractivity contribution is 5.41. The Morgan fingerprint density at radius 1 is 1.33 bits per heavy atom. The fraction of sp³-hybridized carbons (Fsp3) is 0.300. The lowest BCUT2D eigenvalue weighted by Crippen LogP contribution is -2.13. The van der Waals surface area contributed by atoms with Crippen LogP contribution in [0.25, 0.3) is 0 Å². The number of aromatic hydroxyl groups is 1. The van der Waals surface area contributed by atoms with Gasteiger partial charge >= 0.3 is 0 Å². The highest BCUT2D eigenvalue weighted by Crippen LogP contribution is 2.29. The zero-order chi connectivity index (χ0) is 9.19. The second-order valence-corrected chi connectivity index (χ2v) is 3.25. The monoisotopic (exact) mass is 161 g/mol. The van der Waals surface area contributed by atoms with Gasteiger partial charge in [0.05, 0.1) is 11.5 Å². The molecule has 0 aliphatic rings. The summed E-state index contributed by atoms with van der Waals surface area (Å²) in [5.41, 5.74) is 0.0539. The Balaban J connectivity index is 3.22. The zero-order valence-electron chi connectivity index (χ0n) is 7.20. The third kappa shape index (κ3) is 1.40. The van der Waals surface area contributed by atoms with Crippen molar-refractivity contribution in [3.8, 4) is 11.8 Å². The molecule has 1 rings (SSSR count). The molecule has 0 radical (unpaired) electrons. The van der Waals surface area contributed by atoms with Crippen molar-refractivity contribution < 1.29 is 5.11 Å². The fourth-order valence-corrected chi connectivity index (χ4v) is 1.06. The first-order chi connectivity index (χ1) is 5.58. The van der Waals surface area contributed by atoms with E-state index in [1.807, 2.05) is 6.07 Å². The molecule has 12 heavy (non-hydrogen) atoms. The van der Waals surface area contributed by atoms with Gasteiger partial charge in [-0.25, -0.2) is 0 Å². The quantitative estimate of drug-likeness (QED) is 0.686. The molecule has 0 unspecified atom stereocenters. The van der Waals surface area contributed by atoms with Crippen LogP contribution in [0.4, 0.5) is 0 Å². The van der Waals surface area contributed by atoms with Crippen LogP contribution in [-0.4, -0.2) is 5.11 Å². The lowest BCUT2D eigenvalue weighted by Gasteiger charge is -2.16. The normalized spacial score (nSPS) is 10.8. The number of rotatable bonds is 1. The Kier molecular flexibility index (Phi) is 2.05. The first-order valence-corrected chi connectivity index (χ1v) is 3.77. The fourth-order valence-electron chi connectivity index (χ4n) is 1.06. The number of phenolic OH excluding ortho intramolecular Hbond substituents is 1. The number of hydrogen-bond acceptors (Lipinski definition) is 2. The van der Waals surface area contributed by atoms with E-state index in [0.717, 1.165) is 0 Å². The van der Waals surface area contributed by atoms with Crippen LogP contribution in [-0.2, 0) is 5.41 Å². The second-order valence-electron chi connectivity index (χ2n) is 3.25. The first-order valence-electron chi connectivity index (χ1n) is 3.77. The van der Waals surface area contributed by atoms with Crippen LogP contribution in [0.1, 0.15) is 19.4 Å². The summed E-state index contributed by atoms with van der Waals surface area (Å²) in [6, 6.07) is 9.05. The molecular weight excluding hydrogens is 150 g/mol. The average Bonchev–Trinajstić information content (AvgIpc) is 2.05. The maximum absolute atomic E-state index is 9.43. The smallest absolute Gasteiger partial charge is 0.120 e. The van der Waals surface area contributed by atoms with Crippen LogP contribution in [0.3, 0.4) is 0 Å². The van der Waals surface area contributed by atoms with E-state index < -0.39 is 5.41 Å². The minimum atomic E-state index is -0.620. The molecule has 0 spiro atoms. The lowest BCUT2D eigenvalue weighted by atomic mass is 9.86. The third-order valence-electron chi connectivity index (χ3n) is 1.86. The number of benzene rings is 1. The van der Waals surface area contributed by atoms with Crippen LogP contribution in [0.2, 0.25) is 0 Å². The summed E-state index contributed by atoms with van der Waals surface area (Å²) in [6.07, 6.45) is 0. The molecule has 62 valence electrons. The van der Waals surface area contributed by atoms with Gasteiger partial charge in [-0.3, -0.25) is 0 Å². The van der Waals surface area contributed by atoms with E-state index in [9.17, 15) is 5.11 Å². The molecule has 0 bridgehead atoms. The van der Waals surface area contributed by atoms with Gasteiger partial charge in [0.1, 0.15) is 5.75 Å². The highest BCUT2D eigenvalue weighted by Gasteiger charge is 2.22. The highest BCUT2D eigenvalue weighted by atomic mass is 16.3. The molecular formula is C10H11NO. The summed E-state index contributed by atoms with van der Waals surface area (Å²) in [5, 5.41) is 18.2. The van der Waals surface area contributed by atoms with Crippen LogP contribution in [0.5, 0.6) is 5.75 Å². The minimum absolute atomic E-state index is 0.184. The SMILES string of the molecule is CC(C)(C#N)c1ccccc1O. The third-order valence-corrected chi connectivity index (χ3v) is 1.86. The molecule has 0 saturated carbocycles. The van der Waals surface area contributed by atoms with Crippen molar-refractivity contribution in [1.29, 1.82) is 5.26 Å². The standard InChI is InChI=1S/C10H11NO/c1-10(2,7-11)8-5-3-4-6-9(8)12/h3-6,12H,1-2H3. The summed E-state index contributed by atoms with van der Waals surface area (Å²) in [4.78, 5) is 0. The van der Waals surface area contributed by atoms with Gasteiger partial charge in [-0.2, -0.15) is 5.26 Å². The number of para-hydroxylation sites is 1. The van der Waals surface area contributed by atoms with E-state index in [-0.39, 0.29) is 5.75 Å². The summed E-state index contributed by atoms with van der Waals surface area (Å²) < 4.78 is 0. The maximum Gasteiger partial charge on any atom is 0.120 e. The maximum atomic E-state index is 9.43. The molecule has 1 N–H and O–H groups in total. The van der Waals surface area contributed by atoms with Gasteiger partial charge in [-0.1, -0.05) is 18.2 Å². The Hall–Kier alpha value is -1.49. The Morgan fingerprint density at radius 2 is 1.92 bits per heavy atom. The van der Waals surface area contributed by atoms with E-state index in [0.29, 0.717) is 5.56 Å². The lowest BCUT2D eigenvalue weighted by molar-refractivity contribution is 0.457. The molecule has 0 fully saturated rings. The van der Waals surface area contributed by atoms with E-state index in [4.69, 9.17) is 5.26 Å². The zero-order valence-corrected chi connectivity index (χ0v) is 7.20. The number of nitriles is 1. The van der Waals surface area contributed by atoms with Gasteiger partial charge in [-0.15, -0.1) is 0 Å². The van der Waals surface area contributed by atoms with E-state index in [2.05, 4.69) is 6.07 Å². The molecule has 0 aromatic heterocycles. The molecule has 1 aromatic rings. The van der Waals surface area contributed by atoms with Crippen LogP contribution < -0.4 is 0 Å². The Labute approximate surface area is 72.1 Å². The molecule has 0 amide bonds. The van der Waals surface area contributed by atoms with E-state index >= 15 is 0 Å². The number of phenols is 1. The predicted octanol–water partition coefficient (Wildman–Crippen LogP) is 2.19. The van der Waals surface area contributed by atoms with Gasteiger partial charge < -0.3 is 5.11 Å². The van der Waals surface area contributed by atoms with Crippen molar-refractivity contribution in [3.05, 3.63) is 29.8 Å². The number of hydrogen-bond donors (Lipinski definition) is 1. The summed E-state index contributed by atoms with van der Waals surface area (Å²) >= 11 is 0. The van der Waals surface area contributed by atoms with Gasteiger partial charge in [-0.05, 0) is 19.9 Å². The van der Waals surface area contributed by atoms with Crippen molar-refractivity contribution in [2.45, 2.75) is 19.3 Å². The first kappa shape index (κ1) is 8.61. The molecule has 0 heterocycles. The molecule has 2 nitrogen and oxygen atoms in total. The largest absolute Gasteiger partial charge is 0.508 e. The topological polar surface area (TPSA) is 44.0 Å². The minimum Gasteiger partial charge on any atom is -0.508 e. The Morgan fingerprint density at radius 3 is 2.42 bits per heavy atom. The van der Waals surface area contributed by atoms with Crippen LogP contribution >= 0.6 is 0 Å². The summed E-state index contributed by atoms with van der Waals surface area (Å²) in [6.45, 7) is 3.56. The van der Waals surface area contributed by atoms with Crippen LogP contribution in [0.15, 0.2) is 24.3 Å². The van der Waals surface area contributed by atoms with E-state index in [1.54, 1.807) is 32.0 Å². The van der Waals surface area contributed by atoms with Crippen molar-refractivity contribution in [1.82, 2.24) is 0 Å². The molecule has 0 aliphatic heterocycles. The molecule has 0 atom stereocenters. The molecule has 1 aromatic carbocycles. The van der Waals surface area contributed by atoms with Crippen LogP contribution in [0, 0.1) is 11.3 Å². The average molecular weight is 161 g/mol. The molecule has 0 saturated heterocycles. The van der Waals surface area contributed by atoms with Gasteiger partial charge in [0.15, 0.2) is 0 Å². The van der Waals surface area contributed by atoms with Crippen molar-refractivity contribution >= 4 is 0 Å². The van der Waals surface area contributed by atoms with Gasteiger partial charge in [0.2, 0.25) is 0 Å². The molecule has 2 heteroatoms. The second kappa shape index (κ2) is 2.86. The van der Waals surface area contributed by atoms with E-state index in [1.165, 1.54) is 0 Å². The van der Waals surface area contributed by atoms with Gasteiger partial charge in [0.25, 0.3) is 0 Å². The van der Waals surface area contributed by atoms with Gasteiger partial charge in [0, 0.05) is 5.56 Å². The van der Waals surface area contributed by atoms with Crippen molar-refractivity contribution in [3.63, 3.8) is 0 Å². The molecule has 0 aliphatic carbocycles. The van der Waals surface area contributed by atoms with Crippen molar-refractivity contribution in [2.75, 3.05) is 0 Å². The van der Waals surface area contributed by atoms with Crippen molar-refractivity contribution in [2.24, 2.45) is 0 Å². The summed E-state index contributed by atoms with van der Waals surface area (Å²) in [7, 11) is 0. The Bertz CT molecular complexity index is 323. The predicted molar refractivity (Wildman–Crippen MR) is 46.7 cm³/mol. The summed E-state index contributed by atoms with van der Waals surface area (Å²) in [5.74, 6) is 0.184.